The van der Waals surface area contributed by atoms with Gasteiger partial charge in [0, 0.05) is 18.8 Å². The maximum atomic E-state index is 3.33. The molecule has 2 bridgehead atoms. The van der Waals surface area contributed by atoms with E-state index in [-0.39, 0.29) is 0 Å². The van der Waals surface area contributed by atoms with Crippen molar-refractivity contribution in [2.75, 3.05) is 0 Å². The standard InChI is InChI=1S/C7H9/c1-2-7-4-3-6(1)5-7/h1,6-7H,3-5H2/q+1. The van der Waals surface area contributed by atoms with Crippen molar-refractivity contribution in [2.24, 2.45) is 11.8 Å². The first-order valence-corrected chi connectivity index (χ1v) is 3.04. The van der Waals surface area contributed by atoms with Gasteiger partial charge in [-0.1, -0.05) is 0 Å². The molecule has 36 valence electrons. The van der Waals surface area contributed by atoms with E-state index >= 15 is 0 Å². The van der Waals surface area contributed by atoms with E-state index in [1.165, 1.54) is 19.3 Å². The molecule has 0 saturated heterocycles. The zero-order chi connectivity index (χ0) is 4.69. The van der Waals surface area contributed by atoms with Gasteiger partial charge in [0.25, 0.3) is 0 Å². The lowest BCUT2D eigenvalue weighted by Gasteiger charge is -1.86. The highest BCUT2D eigenvalue weighted by Gasteiger charge is 2.37. The minimum atomic E-state index is 0.866. The Balaban J connectivity index is 2.27. The van der Waals surface area contributed by atoms with Gasteiger partial charge in [0.05, 0.1) is 0 Å². The summed E-state index contributed by atoms with van der Waals surface area (Å²) in [5.41, 5.74) is 0. The maximum absolute atomic E-state index is 3.33. The number of hydrogen-bond donors (Lipinski definition) is 0. The first-order valence-electron chi connectivity index (χ1n) is 3.04. The zero-order valence-electron chi connectivity index (χ0n) is 4.35. The highest BCUT2D eigenvalue weighted by Crippen LogP contribution is 2.37. The van der Waals surface area contributed by atoms with Crippen LogP contribution in [0, 0.1) is 17.9 Å². The van der Waals surface area contributed by atoms with Crippen molar-refractivity contribution in [1.82, 2.24) is 0 Å². The van der Waals surface area contributed by atoms with Gasteiger partial charge in [-0.15, -0.1) is 0 Å². The molecular weight excluding hydrogens is 84.1 g/mol. The molecule has 2 atom stereocenters. The normalized spacial score (nSPS) is 44.6. The lowest BCUT2D eigenvalue weighted by atomic mass is 10.1. The van der Waals surface area contributed by atoms with Crippen LogP contribution in [-0.4, -0.2) is 0 Å². The van der Waals surface area contributed by atoms with E-state index in [1.54, 1.807) is 0 Å². The van der Waals surface area contributed by atoms with Gasteiger partial charge in [-0.05, 0) is 6.42 Å². The van der Waals surface area contributed by atoms with Gasteiger partial charge in [-0.25, -0.2) is 0 Å². The van der Waals surface area contributed by atoms with E-state index in [0.717, 1.165) is 11.8 Å². The third-order valence-corrected chi connectivity index (χ3v) is 2.04. The molecule has 0 nitrogen and oxygen atoms in total. The molecular formula is C7H9+. The van der Waals surface area contributed by atoms with Crippen LogP contribution in [0.3, 0.4) is 0 Å². The average Bonchev–Trinajstić information content (AvgIpc) is 2.22. The number of rotatable bonds is 0. The summed E-state index contributed by atoms with van der Waals surface area (Å²) in [5.74, 6) is 1.80. The van der Waals surface area contributed by atoms with Crippen LogP contribution in [0.2, 0.25) is 0 Å². The van der Waals surface area contributed by atoms with Crippen LogP contribution in [-0.2, 0) is 0 Å². The Kier molecular flexibility index (Phi) is 0.558. The van der Waals surface area contributed by atoms with Crippen molar-refractivity contribution >= 4 is 0 Å². The Morgan fingerprint density at radius 1 is 1.43 bits per heavy atom. The molecule has 0 aromatic heterocycles. The van der Waals surface area contributed by atoms with Crippen molar-refractivity contribution in [3.63, 3.8) is 0 Å². The van der Waals surface area contributed by atoms with Crippen molar-refractivity contribution in [3.05, 3.63) is 12.2 Å². The topological polar surface area (TPSA) is 0 Å². The summed E-state index contributed by atoms with van der Waals surface area (Å²) in [6, 6.07) is 0. The van der Waals surface area contributed by atoms with Crippen LogP contribution in [0.25, 0.3) is 0 Å². The summed E-state index contributed by atoms with van der Waals surface area (Å²) in [4.78, 5) is 0. The Bertz CT molecular complexity index is 90.6. The van der Waals surface area contributed by atoms with Crippen molar-refractivity contribution in [1.29, 1.82) is 0 Å². The third-order valence-electron chi connectivity index (χ3n) is 2.04. The molecule has 0 aromatic rings. The van der Waals surface area contributed by atoms with E-state index in [0.29, 0.717) is 0 Å². The van der Waals surface area contributed by atoms with Crippen molar-refractivity contribution < 1.29 is 0 Å². The smallest absolute Gasteiger partial charge is 0.0374 e. The predicted octanol–water partition coefficient (Wildman–Crippen LogP) is 1.78. The lowest BCUT2D eigenvalue weighted by Crippen LogP contribution is -1.83. The molecule has 0 N–H and O–H groups in total. The van der Waals surface area contributed by atoms with Crippen LogP contribution in [0.4, 0.5) is 0 Å². The number of allylic oxidation sites excluding steroid dienone is 2. The third kappa shape index (κ3) is 0.404. The molecule has 2 aliphatic rings. The predicted molar refractivity (Wildman–Crippen MR) is 28.6 cm³/mol. The molecule has 2 unspecified atom stereocenters. The molecule has 7 heavy (non-hydrogen) atoms. The van der Waals surface area contributed by atoms with Crippen molar-refractivity contribution in [2.45, 2.75) is 19.3 Å². The van der Waals surface area contributed by atoms with Gasteiger partial charge in [-0.2, -0.15) is 0 Å². The van der Waals surface area contributed by atoms with Gasteiger partial charge in [0.1, 0.15) is 0 Å². The fraction of sp³-hybridized carbons (Fsp3) is 0.714. The van der Waals surface area contributed by atoms with E-state index in [9.17, 15) is 0 Å². The van der Waals surface area contributed by atoms with Gasteiger partial charge in [-0.3, -0.25) is 0 Å². The van der Waals surface area contributed by atoms with Crippen LogP contribution in [0.5, 0.6) is 0 Å². The van der Waals surface area contributed by atoms with Crippen LogP contribution in [0.1, 0.15) is 19.3 Å². The Morgan fingerprint density at radius 3 is 2.57 bits per heavy atom. The molecule has 0 aliphatic heterocycles. The fourth-order valence-electron chi connectivity index (χ4n) is 1.59. The minimum Gasteiger partial charge on any atom is -0.0374 e. The molecule has 2 aliphatic carbocycles. The van der Waals surface area contributed by atoms with Gasteiger partial charge >= 0.3 is 0 Å². The van der Waals surface area contributed by atoms with Gasteiger partial charge < -0.3 is 0 Å². The Labute approximate surface area is 44.2 Å². The second kappa shape index (κ2) is 1.08. The molecule has 2 rings (SSSR count). The monoisotopic (exact) mass is 93.1 g/mol. The van der Waals surface area contributed by atoms with E-state index in [2.05, 4.69) is 12.2 Å². The van der Waals surface area contributed by atoms with E-state index in [4.69, 9.17) is 0 Å². The van der Waals surface area contributed by atoms with Gasteiger partial charge in [0.15, 0.2) is 12.0 Å². The summed E-state index contributed by atoms with van der Waals surface area (Å²) >= 11 is 0. The average molecular weight is 93.1 g/mol. The molecule has 0 spiro atoms. The molecule has 0 amide bonds. The zero-order valence-corrected chi connectivity index (χ0v) is 4.35. The molecule has 0 aromatic carbocycles. The Hall–Kier alpha value is -0.350. The number of fused-ring (bicyclic) bond motifs is 2. The molecule has 1 fully saturated rings. The second-order valence-electron chi connectivity index (χ2n) is 2.60. The first-order chi connectivity index (χ1) is 3.45. The second-order valence-corrected chi connectivity index (χ2v) is 2.60. The van der Waals surface area contributed by atoms with Crippen LogP contribution >= 0.6 is 0 Å². The summed E-state index contributed by atoms with van der Waals surface area (Å²) in [5, 5.41) is 0. The van der Waals surface area contributed by atoms with Crippen LogP contribution in [0.15, 0.2) is 6.08 Å². The quantitative estimate of drug-likeness (QED) is 0.400. The summed E-state index contributed by atoms with van der Waals surface area (Å²) in [7, 11) is 0. The Morgan fingerprint density at radius 2 is 2.43 bits per heavy atom. The highest BCUT2D eigenvalue weighted by molar-refractivity contribution is 5.01. The SMILES string of the molecule is [C+]1=CC2CCC1C2. The number of hydrogen-bond acceptors (Lipinski definition) is 0. The largest absolute Gasteiger partial charge is 0.221 e. The molecule has 0 heterocycles. The summed E-state index contributed by atoms with van der Waals surface area (Å²) in [6.45, 7) is 0. The fourth-order valence-corrected chi connectivity index (χ4v) is 1.59. The molecule has 1 saturated carbocycles. The molecule has 0 radical (unpaired) electrons. The molecule has 0 heteroatoms. The first kappa shape index (κ1) is 3.63. The van der Waals surface area contributed by atoms with E-state index < -0.39 is 0 Å². The lowest BCUT2D eigenvalue weighted by molar-refractivity contribution is 0.679. The minimum absolute atomic E-state index is 0.866. The van der Waals surface area contributed by atoms with Crippen molar-refractivity contribution in [3.8, 4) is 0 Å². The van der Waals surface area contributed by atoms with Crippen LogP contribution < -0.4 is 0 Å². The van der Waals surface area contributed by atoms with E-state index in [1.807, 2.05) is 0 Å². The summed E-state index contributed by atoms with van der Waals surface area (Å²) in [6.07, 6.45) is 9.87. The highest BCUT2D eigenvalue weighted by atomic mass is 14.3. The maximum Gasteiger partial charge on any atom is 0.221 e. The summed E-state index contributed by atoms with van der Waals surface area (Å²) < 4.78 is 0. The van der Waals surface area contributed by atoms with Gasteiger partial charge in [0.2, 0.25) is 6.08 Å².